The molecule has 0 aliphatic heterocycles. The summed E-state index contributed by atoms with van der Waals surface area (Å²) in [6.07, 6.45) is 3.73. The van der Waals surface area contributed by atoms with Crippen LogP contribution < -0.4 is 15.4 Å². The number of rotatable bonds is 10. The molecule has 0 bridgehead atoms. The van der Waals surface area contributed by atoms with Crippen LogP contribution in [0.5, 0.6) is 5.75 Å². The van der Waals surface area contributed by atoms with Crippen molar-refractivity contribution in [2.75, 3.05) is 33.4 Å². The number of nitrogens with zero attached hydrogens (tertiary/aromatic N) is 3. The second kappa shape index (κ2) is 13.4. The first kappa shape index (κ1) is 23.2. The lowest BCUT2D eigenvalue weighted by Crippen LogP contribution is -2.38. The topological polar surface area (TPSA) is 72.7 Å². The molecule has 0 spiro atoms. The van der Waals surface area contributed by atoms with Gasteiger partial charge in [0.15, 0.2) is 5.96 Å². The Morgan fingerprint density at radius 2 is 2.11 bits per heavy atom. The van der Waals surface area contributed by atoms with Crippen LogP contribution in [0.2, 0.25) is 0 Å². The van der Waals surface area contributed by atoms with E-state index in [1.807, 2.05) is 23.0 Å². The minimum Gasteiger partial charge on any atom is -0.491 e. The third-order valence-corrected chi connectivity index (χ3v) is 3.71. The third kappa shape index (κ3) is 8.61. The molecule has 0 aliphatic rings. The molecule has 0 fully saturated rings. The molecule has 1 aromatic carbocycles. The van der Waals surface area contributed by atoms with Crippen molar-refractivity contribution in [3.63, 3.8) is 0 Å². The number of aryl methyl sites for hydroxylation is 1. The first-order chi connectivity index (χ1) is 12.7. The molecule has 2 rings (SSSR count). The van der Waals surface area contributed by atoms with Crippen molar-refractivity contribution in [2.45, 2.75) is 26.9 Å². The lowest BCUT2D eigenvalue weighted by molar-refractivity contribution is 0.145. The van der Waals surface area contributed by atoms with Crippen LogP contribution in [0.1, 0.15) is 18.1 Å². The van der Waals surface area contributed by atoms with Gasteiger partial charge in [0.1, 0.15) is 12.4 Å². The Balaban J connectivity index is 0.00000364. The van der Waals surface area contributed by atoms with E-state index in [0.717, 1.165) is 42.5 Å². The zero-order valence-corrected chi connectivity index (χ0v) is 18.6. The van der Waals surface area contributed by atoms with Gasteiger partial charge in [0.2, 0.25) is 0 Å². The fraction of sp³-hybridized carbons (Fsp3) is 0.474. The van der Waals surface area contributed by atoms with E-state index in [1.165, 1.54) is 0 Å². The van der Waals surface area contributed by atoms with E-state index in [4.69, 9.17) is 9.47 Å². The highest BCUT2D eigenvalue weighted by molar-refractivity contribution is 14.0. The van der Waals surface area contributed by atoms with Crippen molar-refractivity contribution in [1.82, 2.24) is 20.4 Å². The molecule has 0 aliphatic carbocycles. The Hall–Kier alpha value is -1.81. The quantitative estimate of drug-likeness (QED) is 0.233. The molecular formula is C19H30IN5O2. The minimum atomic E-state index is 0. The number of aliphatic imine (C=N–C) groups is 1. The van der Waals surface area contributed by atoms with Crippen LogP contribution in [0.15, 0.2) is 41.7 Å². The van der Waals surface area contributed by atoms with Crippen LogP contribution >= 0.6 is 24.0 Å². The molecule has 2 N–H and O–H groups in total. The minimum absolute atomic E-state index is 0. The van der Waals surface area contributed by atoms with E-state index in [0.29, 0.717) is 19.8 Å². The van der Waals surface area contributed by atoms with Crippen LogP contribution in [-0.2, 0) is 17.8 Å². The summed E-state index contributed by atoms with van der Waals surface area (Å²) in [6.45, 7) is 8.07. The van der Waals surface area contributed by atoms with Crippen molar-refractivity contribution in [1.29, 1.82) is 0 Å². The van der Waals surface area contributed by atoms with Gasteiger partial charge in [-0.25, -0.2) is 4.99 Å². The maximum absolute atomic E-state index is 5.83. The summed E-state index contributed by atoms with van der Waals surface area (Å²) < 4.78 is 12.8. The SMILES string of the molecule is CCNC(=NCc1ccc(C)cc1OCCOC)NCCn1cccn1.I. The van der Waals surface area contributed by atoms with Crippen LogP contribution in [0.4, 0.5) is 0 Å². The van der Waals surface area contributed by atoms with Gasteiger partial charge in [0.05, 0.1) is 19.7 Å². The van der Waals surface area contributed by atoms with E-state index >= 15 is 0 Å². The molecule has 0 amide bonds. The van der Waals surface area contributed by atoms with Gasteiger partial charge in [-0.1, -0.05) is 12.1 Å². The monoisotopic (exact) mass is 487 g/mol. The van der Waals surface area contributed by atoms with E-state index < -0.39 is 0 Å². The number of hydrogen-bond acceptors (Lipinski definition) is 4. The first-order valence-corrected chi connectivity index (χ1v) is 8.93. The van der Waals surface area contributed by atoms with Crippen LogP contribution in [0.25, 0.3) is 0 Å². The molecule has 1 heterocycles. The maximum Gasteiger partial charge on any atom is 0.191 e. The number of hydrogen-bond donors (Lipinski definition) is 2. The third-order valence-electron chi connectivity index (χ3n) is 3.71. The van der Waals surface area contributed by atoms with Crippen LogP contribution in [0, 0.1) is 6.92 Å². The summed E-state index contributed by atoms with van der Waals surface area (Å²) >= 11 is 0. The zero-order chi connectivity index (χ0) is 18.6. The lowest BCUT2D eigenvalue weighted by Gasteiger charge is -2.13. The average Bonchev–Trinajstić information content (AvgIpc) is 3.14. The predicted molar refractivity (Wildman–Crippen MR) is 119 cm³/mol. The molecule has 27 heavy (non-hydrogen) atoms. The number of benzene rings is 1. The summed E-state index contributed by atoms with van der Waals surface area (Å²) in [5.74, 6) is 1.64. The van der Waals surface area contributed by atoms with E-state index in [1.54, 1.807) is 13.3 Å². The molecule has 0 saturated carbocycles. The molecule has 8 heteroatoms. The highest BCUT2D eigenvalue weighted by atomic mass is 127. The van der Waals surface area contributed by atoms with E-state index in [2.05, 4.69) is 46.7 Å². The summed E-state index contributed by atoms with van der Waals surface area (Å²) in [5, 5.41) is 10.8. The summed E-state index contributed by atoms with van der Waals surface area (Å²) in [4.78, 5) is 4.67. The highest BCUT2D eigenvalue weighted by Gasteiger charge is 2.05. The molecule has 150 valence electrons. The van der Waals surface area contributed by atoms with Crippen molar-refractivity contribution >= 4 is 29.9 Å². The molecule has 7 nitrogen and oxygen atoms in total. The molecule has 0 unspecified atom stereocenters. The smallest absolute Gasteiger partial charge is 0.191 e. The van der Waals surface area contributed by atoms with Gasteiger partial charge in [0, 0.05) is 38.2 Å². The molecule has 0 saturated heterocycles. The first-order valence-electron chi connectivity index (χ1n) is 8.93. The van der Waals surface area contributed by atoms with Crippen LogP contribution in [-0.4, -0.2) is 49.2 Å². The Morgan fingerprint density at radius 3 is 2.81 bits per heavy atom. The second-order valence-electron chi connectivity index (χ2n) is 5.84. The van der Waals surface area contributed by atoms with Crippen molar-refractivity contribution in [2.24, 2.45) is 4.99 Å². The Labute approximate surface area is 178 Å². The van der Waals surface area contributed by atoms with Crippen molar-refractivity contribution < 1.29 is 9.47 Å². The van der Waals surface area contributed by atoms with Crippen molar-refractivity contribution in [3.8, 4) is 5.75 Å². The Morgan fingerprint density at radius 1 is 1.26 bits per heavy atom. The molecule has 0 atom stereocenters. The summed E-state index contributed by atoms with van der Waals surface area (Å²) in [7, 11) is 1.67. The van der Waals surface area contributed by atoms with Gasteiger partial charge in [0.25, 0.3) is 0 Å². The Bertz CT molecular complexity index is 677. The van der Waals surface area contributed by atoms with Gasteiger partial charge in [-0.3, -0.25) is 4.68 Å². The number of nitrogens with one attached hydrogen (secondary N) is 2. The maximum atomic E-state index is 5.83. The van der Waals surface area contributed by atoms with E-state index in [9.17, 15) is 0 Å². The fourth-order valence-electron chi connectivity index (χ4n) is 2.39. The van der Waals surface area contributed by atoms with Gasteiger partial charge in [-0.2, -0.15) is 5.10 Å². The lowest BCUT2D eigenvalue weighted by atomic mass is 10.1. The standard InChI is InChI=1S/C19H29N5O2.HI/c1-4-20-19(21-9-11-24-10-5-8-23-24)22-15-17-7-6-16(2)14-18(17)26-13-12-25-3;/h5-8,10,14H,4,9,11-13,15H2,1-3H3,(H2,20,21,22);1H. The second-order valence-corrected chi connectivity index (χ2v) is 5.84. The summed E-state index contributed by atoms with van der Waals surface area (Å²) in [6, 6.07) is 8.10. The number of halogens is 1. The molecule has 0 radical (unpaired) electrons. The normalized spacial score (nSPS) is 11.0. The predicted octanol–water partition coefficient (Wildman–Crippen LogP) is 2.59. The Kier molecular flexibility index (Phi) is 11.5. The number of aromatic nitrogens is 2. The summed E-state index contributed by atoms with van der Waals surface area (Å²) in [5.41, 5.74) is 2.21. The molecule has 2 aromatic rings. The van der Waals surface area contributed by atoms with E-state index in [-0.39, 0.29) is 24.0 Å². The molecular weight excluding hydrogens is 457 g/mol. The molecule has 1 aromatic heterocycles. The van der Waals surface area contributed by atoms with Gasteiger partial charge in [-0.05, 0) is 31.5 Å². The van der Waals surface area contributed by atoms with Gasteiger partial charge >= 0.3 is 0 Å². The largest absolute Gasteiger partial charge is 0.491 e. The number of guanidine groups is 1. The highest BCUT2D eigenvalue weighted by Crippen LogP contribution is 2.21. The average molecular weight is 487 g/mol. The van der Waals surface area contributed by atoms with Crippen LogP contribution in [0.3, 0.4) is 0 Å². The fourth-order valence-corrected chi connectivity index (χ4v) is 2.39. The van der Waals surface area contributed by atoms with Crippen molar-refractivity contribution in [3.05, 3.63) is 47.8 Å². The number of ether oxygens (including phenoxy) is 2. The van der Waals surface area contributed by atoms with Gasteiger partial charge in [-0.15, -0.1) is 24.0 Å². The zero-order valence-electron chi connectivity index (χ0n) is 16.3. The van der Waals surface area contributed by atoms with Gasteiger partial charge < -0.3 is 20.1 Å². The number of methoxy groups -OCH3 is 1.